The molecule has 0 atom stereocenters. The maximum Gasteiger partial charge on any atom is 0.573 e. The molecule has 3 N–H and O–H groups in total. The van der Waals surface area contributed by atoms with Gasteiger partial charge in [0.1, 0.15) is 11.4 Å². The number of hydrogen-bond acceptors (Lipinski definition) is 5. The second-order valence-corrected chi connectivity index (χ2v) is 8.22. The predicted molar refractivity (Wildman–Crippen MR) is 135 cm³/mol. The summed E-state index contributed by atoms with van der Waals surface area (Å²) >= 11 is 0. The van der Waals surface area contributed by atoms with Crippen LogP contribution in [0.15, 0.2) is 85.3 Å². The molecule has 0 aliphatic heterocycles. The number of carbonyl (C=O) groups excluding carboxylic acids is 1. The fraction of sp³-hybridized carbons (Fsp3) is 0.0741. The number of benzene rings is 2. The normalized spacial score (nSPS) is 11.4. The Bertz CT molecular complexity index is 1580. The molecule has 5 rings (SSSR count). The average molecular weight is 503 g/mol. The third-order valence-corrected chi connectivity index (χ3v) is 5.58. The SMILES string of the molecule is Cc1ccc(C(=O)Nc2cccc(OC(F)(F)F)c2)cc1Nc1cc(-c2cccnc2)nc2[nH]ccc12. The summed E-state index contributed by atoms with van der Waals surface area (Å²) in [5.41, 5.74) is 5.11. The van der Waals surface area contributed by atoms with Crippen LogP contribution in [0.1, 0.15) is 15.9 Å². The van der Waals surface area contributed by atoms with E-state index in [-0.39, 0.29) is 5.69 Å². The van der Waals surface area contributed by atoms with Gasteiger partial charge in [0.25, 0.3) is 5.91 Å². The lowest BCUT2D eigenvalue weighted by atomic mass is 10.1. The largest absolute Gasteiger partial charge is 0.573 e. The lowest BCUT2D eigenvalue weighted by Crippen LogP contribution is -2.17. The number of carbonyl (C=O) groups is 1. The summed E-state index contributed by atoms with van der Waals surface area (Å²) in [4.78, 5) is 24.9. The fourth-order valence-corrected chi connectivity index (χ4v) is 3.82. The lowest BCUT2D eigenvalue weighted by Gasteiger charge is -2.14. The van der Waals surface area contributed by atoms with E-state index in [1.807, 2.05) is 31.2 Å². The molecule has 0 fully saturated rings. The Morgan fingerprint density at radius 2 is 1.86 bits per heavy atom. The number of fused-ring (bicyclic) bond motifs is 1. The first-order valence-corrected chi connectivity index (χ1v) is 11.2. The molecule has 10 heteroatoms. The van der Waals surface area contributed by atoms with E-state index in [9.17, 15) is 18.0 Å². The van der Waals surface area contributed by atoms with Crippen LogP contribution < -0.4 is 15.4 Å². The van der Waals surface area contributed by atoms with E-state index in [1.165, 1.54) is 12.1 Å². The highest BCUT2D eigenvalue weighted by Crippen LogP contribution is 2.32. The summed E-state index contributed by atoms with van der Waals surface area (Å²) in [6.07, 6.45) is 0.388. The molecule has 0 aliphatic carbocycles. The Morgan fingerprint density at radius 1 is 1.00 bits per heavy atom. The van der Waals surface area contributed by atoms with Crippen molar-refractivity contribution in [2.45, 2.75) is 13.3 Å². The number of rotatable bonds is 6. The second-order valence-electron chi connectivity index (χ2n) is 8.22. The number of nitrogens with zero attached hydrogens (tertiary/aromatic N) is 2. The van der Waals surface area contributed by atoms with Gasteiger partial charge < -0.3 is 20.4 Å². The highest BCUT2D eigenvalue weighted by Gasteiger charge is 2.31. The van der Waals surface area contributed by atoms with Gasteiger partial charge in [-0.2, -0.15) is 0 Å². The molecule has 5 aromatic rings. The number of halogens is 3. The molecule has 0 saturated heterocycles. The molecule has 0 aliphatic rings. The number of alkyl halides is 3. The number of hydrogen-bond donors (Lipinski definition) is 3. The number of amides is 1. The monoisotopic (exact) mass is 503 g/mol. The Labute approximate surface area is 209 Å². The smallest absolute Gasteiger partial charge is 0.406 e. The Hall–Kier alpha value is -4.86. The molecule has 37 heavy (non-hydrogen) atoms. The molecule has 0 saturated carbocycles. The number of pyridine rings is 2. The van der Waals surface area contributed by atoms with Crippen molar-refractivity contribution in [1.29, 1.82) is 0 Å². The van der Waals surface area contributed by atoms with Crippen LogP contribution in [0.2, 0.25) is 0 Å². The van der Waals surface area contributed by atoms with E-state index in [0.717, 1.165) is 40.0 Å². The molecule has 0 radical (unpaired) electrons. The van der Waals surface area contributed by atoms with E-state index in [4.69, 9.17) is 0 Å². The summed E-state index contributed by atoms with van der Waals surface area (Å²) in [5.74, 6) is -0.904. The maximum atomic E-state index is 12.9. The van der Waals surface area contributed by atoms with Crippen LogP contribution >= 0.6 is 0 Å². The van der Waals surface area contributed by atoms with Crippen LogP contribution in [0.3, 0.4) is 0 Å². The predicted octanol–water partition coefficient (Wildman–Crippen LogP) is 6.83. The Kier molecular flexibility index (Phi) is 6.22. The van der Waals surface area contributed by atoms with E-state index >= 15 is 0 Å². The molecule has 0 unspecified atom stereocenters. The highest BCUT2D eigenvalue weighted by atomic mass is 19.4. The first-order chi connectivity index (χ1) is 17.7. The first kappa shape index (κ1) is 23.9. The lowest BCUT2D eigenvalue weighted by molar-refractivity contribution is -0.274. The summed E-state index contributed by atoms with van der Waals surface area (Å²) in [6.45, 7) is 1.90. The number of aryl methyl sites for hydroxylation is 1. The number of anilines is 3. The van der Waals surface area contributed by atoms with Crippen molar-refractivity contribution in [1.82, 2.24) is 15.0 Å². The summed E-state index contributed by atoms with van der Waals surface area (Å²) < 4.78 is 41.5. The molecule has 0 spiro atoms. The van der Waals surface area contributed by atoms with E-state index < -0.39 is 18.0 Å². The van der Waals surface area contributed by atoms with Crippen LogP contribution in [0.4, 0.5) is 30.2 Å². The van der Waals surface area contributed by atoms with E-state index in [1.54, 1.807) is 36.8 Å². The summed E-state index contributed by atoms with van der Waals surface area (Å²) in [6, 6.07) is 17.8. The zero-order valence-corrected chi connectivity index (χ0v) is 19.4. The van der Waals surface area contributed by atoms with Crippen LogP contribution in [0.25, 0.3) is 22.3 Å². The van der Waals surface area contributed by atoms with Crippen molar-refractivity contribution in [3.05, 3.63) is 96.4 Å². The van der Waals surface area contributed by atoms with Gasteiger partial charge in [0.15, 0.2) is 0 Å². The number of ether oxygens (including phenoxy) is 1. The fourth-order valence-electron chi connectivity index (χ4n) is 3.82. The number of aromatic amines is 1. The molecule has 3 aromatic heterocycles. The average Bonchev–Trinajstić information content (AvgIpc) is 3.34. The van der Waals surface area contributed by atoms with Crippen molar-refractivity contribution < 1.29 is 22.7 Å². The van der Waals surface area contributed by atoms with Gasteiger partial charge in [0.05, 0.1) is 11.4 Å². The van der Waals surface area contributed by atoms with Gasteiger partial charge in [0.2, 0.25) is 0 Å². The Morgan fingerprint density at radius 3 is 2.65 bits per heavy atom. The number of H-pyrrole nitrogens is 1. The zero-order valence-electron chi connectivity index (χ0n) is 19.4. The van der Waals surface area contributed by atoms with Crippen LogP contribution in [0.5, 0.6) is 5.75 Å². The molecular weight excluding hydrogens is 483 g/mol. The minimum atomic E-state index is -4.82. The third kappa shape index (κ3) is 5.53. The van der Waals surface area contributed by atoms with Gasteiger partial charge in [-0.1, -0.05) is 12.1 Å². The van der Waals surface area contributed by atoms with Gasteiger partial charge in [-0.25, -0.2) is 4.98 Å². The highest BCUT2D eigenvalue weighted by molar-refractivity contribution is 6.05. The molecule has 3 heterocycles. The van der Waals surface area contributed by atoms with E-state index in [0.29, 0.717) is 16.9 Å². The van der Waals surface area contributed by atoms with Crippen molar-refractivity contribution >= 4 is 34.0 Å². The molecule has 7 nitrogen and oxygen atoms in total. The first-order valence-electron chi connectivity index (χ1n) is 11.2. The topological polar surface area (TPSA) is 91.9 Å². The second kappa shape index (κ2) is 9.65. The molecule has 186 valence electrons. The van der Waals surface area contributed by atoms with E-state index in [2.05, 4.69) is 30.3 Å². The van der Waals surface area contributed by atoms with Crippen LogP contribution in [0, 0.1) is 6.92 Å². The van der Waals surface area contributed by atoms with Crippen LogP contribution in [-0.2, 0) is 0 Å². The van der Waals surface area contributed by atoms with Crippen molar-refractivity contribution in [3.8, 4) is 17.0 Å². The van der Waals surface area contributed by atoms with Gasteiger partial charge in [-0.05, 0) is 61.0 Å². The third-order valence-electron chi connectivity index (χ3n) is 5.58. The molecule has 1 amide bonds. The van der Waals surface area contributed by atoms with Gasteiger partial charge in [-0.3, -0.25) is 9.78 Å². The number of aromatic nitrogens is 3. The molecule has 2 aromatic carbocycles. The number of nitrogens with one attached hydrogen (secondary N) is 3. The molecule has 0 bridgehead atoms. The van der Waals surface area contributed by atoms with Gasteiger partial charge >= 0.3 is 6.36 Å². The van der Waals surface area contributed by atoms with Gasteiger partial charge in [0, 0.05) is 52.5 Å². The standard InChI is InChI=1S/C27H20F3N5O2/c1-16-7-8-17(26(36)33-19-5-2-6-20(13-19)37-27(28,29)30)12-22(16)34-24-14-23(18-4-3-10-31-15-18)35-25-21(24)9-11-32-25/h2-15H,1H3,(H,33,36)(H2,32,34,35). The zero-order chi connectivity index (χ0) is 26.0. The summed E-state index contributed by atoms with van der Waals surface area (Å²) in [7, 11) is 0. The van der Waals surface area contributed by atoms with Crippen molar-refractivity contribution in [2.75, 3.05) is 10.6 Å². The van der Waals surface area contributed by atoms with Crippen molar-refractivity contribution in [2.24, 2.45) is 0 Å². The maximum absolute atomic E-state index is 12.9. The Balaban J connectivity index is 1.42. The quantitative estimate of drug-likeness (QED) is 0.236. The minimum absolute atomic E-state index is 0.172. The minimum Gasteiger partial charge on any atom is -0.406 e. The van der Waals surface area contributed by atoms with Crippen LogP contribution in [-0.4, -0.2) is 27.2 Å². The van der Waals surface area contributed by atoms with Gasteiger partial charge in [-0.15, -0.1) is 13.2 Å². The molecular formula is C27H20F3N5O2. The summed E-state index contributed by atoms with van der Waals surface area (Å²) in [5, 5.41) is 6.88. The van der Waals surface area contributed by atoms with Crippen molar-refractivity contribution in [3.63, 3.8) is 0 Å².